The van der Waals surface area contributed by atoms with Gasteiger partial charge in [-0.1, -0.05) is 13.0 Å². The molecule has 0 radical (unpaired) electrons. The molecule has 0 aliphatic rings. The highest BCUT2D eigenvalue weighted by atomic mass is 16.5. The van der Waals surface area contributed by atoms with Gasteiger partial charge in [-0.25, -0.2) is 0 Å². The van der Waals surface area contributed by atoms with E-state index in [9.17, 15) is 5.11 Å². The quantitative estimate of drug-likeness (QED) is 0.326. The molecule has 1 heterocycles. The predicted molar refractivity (Wildman–Crippen MR) is 72.9 cm³/mol. The Morgan fingerprint density at radius 3 is 2.79 bits per heavy atom. The molecule has 106 valence electrons. The van der Waals surface area contributed by atoms with Crippen molar-refractivity contribution in [3.8, 4) is 0 Å². The number of pyridine rings is 1. The average molecular weight is 268 g/mol. The van der Waals surface area contributed by atoms with Gasteiger partial charge in [0, 0.05) is 31.4 Å². The van der Waals surface area contributed by atoms with Crippen molar-refractivity contribution < 1.29 is 19.9 Å². The maximum atomic E-state index is 9.60. The Morgan fingerprint density at radius 2 is 2.21 bits per heavy atom. The highest BCUT2D eigenvalue weighted by Gasteiger charge is 2.10. The van der Waals surface area contributed by atoms with Crippen molar-refractivity contribution >= 4 is 12.6 Å². The SMILES string of the molecule is CCCOCC(O)CNCc1ccc(B(O)O)cn1. The number of aliphatic hydroxyl groups is 1. The molecular weight excluding hydrogens is 247 g/mol. The number of ether oxygens (including phenoxy) is 1. The van der Waals surface area contributed by atoms with Gasteiger partial charge in [-0.3, -0.25) is 4.98 Å². The smallest absolute Gasteiger partial charge is 0.423 e. The lowest BCUT2D eigenvalue weighted by Gasteiger charge is -2.12. The third kappa shape index (κ3) is 6.65. The molecule has 1 unspecified atom stereocenters. The van der Waals surface area contributed by atoms with Gasteiger partial charge in [0.15, 0.2) is 0 Å². The van der Waals surface area contributed by atoms with E-state index in [4.69, 9.17) is 14.8 Å². The van der Waals surface area contributed by atoms with Gasteiger partial charge in [0.05, 0.1) is 18.4 Å². The third-order valence-corrected chi connectivity index (χ3v) is 2.49. The molecule has 1 rings (SSSR count). The number of nitrogens with zero attached hydrogens (tertiary/aromatic N) is 1. The van der Waals surface area contributed by atoms with E-state index in [0.29, 0.717) is 31.8 Å². The van der Waals surface area contributed by atoms with Crippen LogP contribution in [0.5, 0.6) is 0 Å². The number of aliphatic hydroxyl groups excluding tert-OH is 1. The summed E-state index contributed by atoms with van der Waals surface area (Å²) in [5, 5.41) is 30.5. The van der Waals surface area contributed by atoms with Crippen LogP contribution < -0.4 is 10.8 Å². The van der Waals surface area contributed by atoms with Gasteiger partial charge < -0.3 is 25.2 Å². The summed E-state index contributed by atoms with van der Waals surface area (Å²) in [7, 11) is -1.49. The van der Waals surface area contributed by atoms with Crippen molar-refractivity contribution in [2.75, 3.05) is 19.8 Å². The Hall–Kier alpha value is -0.985. The van der Waals surface area contributed by atoms with Crippen LogP contribution in [0, 0.1) is 0 Å². The summed E-state index contributed by atoms with van der Waals surface area (Å²) < 4.78 is 5.23. The minimum atomic E-state index is -1.49. The molecule has 0 spiro atoms. The first-order valence-electron chi connectivity index (χ1n) is 6.41. The van der Waals surface area contributed by atoms with Gasteiger partial charge in [0.25, 0.3) is 0 Å². The van der Waals surface area contributed by atoms with Gasteiger partial charge in [0.1, 0.15) is 0 Å². The van der Waals surface area contributed by atoms with E-state index < -0.39 is 13.2 Å². The molecule has 0 aliphatic carbocycles. The minimum absolute atomic E-state index is 0.323. The van der Waals surface area contributed by atoms with Gasteiger partial charge in [-0.2, -0.15) is 0 Å². The summed E-state index contributed by atoms with van der Waals surface area (Å²) in [5.41, 5.74) is 1.13. The fraction of sp³-hybridized carbons (Fsp3) is 0.583. The molecule has 0 fully saturated rings. The molecule has 0 amide bonds. The van der Waals surface area contributed by atoms with E-state index in [1.165, 1.54) is 6.20 Å². The van der Waals surface area contributed by atoms with E-state index in [0.717, 1.165) is 12.1 Å². The molecular formula is C12H21BN2O4. The first kappa shape index (κ1) is 16.1. The Kier molecular flexibility index (Phi) is 7.62. The normalized spacial score (nSPS) is 12.4. The molecule has 0 aromatic carbocycles. The summed E-state index contributed by atoms with van der Waals surface area (Å²) in [6, 6.07) is 3.32. The van der Waals surface area contributed by atoms with Crippen LogP contribution >= 0.6 is 0 Å². The maximum Gasteiger partial charge on any atom is 0.490 e. The van der Waals surface area contributed by atoms with Crippen LogP contribution in [0.15, 0.2) is 18.3 Å². The lowest BCUT2D eigenvalue weighted by atomic mass is 9.82. The van der Waals surface area contributed by atoms with Crippen LogP contribution in [0.1, 0.15) is 19.0 Å². The second kappa shape index (κ2) is 9.00. The standard InChI is InChI=1S/C12H21BN2O4/c1-2-5-19-9-12(16)8-14-7-11-4-3-10(6-15-11)13(17)18/h3-4,6,12,14,16-18H,2,5,7-9H2,1H3. The highest BCUT2D eigenvalue weighted by molar-refractivity contribution is 6.58. The minimum Gasteiger partial charge on any atom is -0.423 e. The lowest BCUT2D eigenvalue weighted by Crippen LogP contribution is -2.32. The largest absolute Gasteiger partial charge is 0.490 e. The molecule has 0 saturated carbocycles. The molecule has 1 atom stereocenters. The van der Waals surface area contributed by atoms with E-state index >= 15 is 0 Å². The summed E-state index contributed by atoms with van der Waals surface area (Å²) in [5.74, 6) is 0. The van der Waals surface area contributed by atoms with E-state index in [1.807, 2.05) is 6.92 Å². The van der Waals surface area contributed by atoms with E-state index in [1.54, 1.807) is 12.1 Å². The average Bonchev–Trinajstić information content (AvgIpc) is 2.39. The van der Waals surface area contributed by atoms with Crippen LogP contribution in [0.25, 0.3) is 0 Å². The van der Waals surface area contributed by atoms with Crippen LogP contribution in [0.3, 0.4) is 0 Å². The predicted octanol–water partition coefficient (Wildman–Crippen LogP) is -1.36. The van der Waals surface area contributed by atoms with E-state index in [2.05, 4.69) is 10.3 Å². The van der Waals surface area contributed by atoms with Crippen molar-refractivity contribution in [3.63, 3.8) is 0 Å². The zero-order chi connectivity index (χ0) is 14.1. The fourth-order valence-electron chi connectivity index (χ4n) is 1.48. The summed E-state index contributed by atoms with van der Waals surface area (Å²) in [4.78, 5) is 4.08. The van der Waals surface area contributed by atoms with Gasteiger partial charge in [-0.15, -0.1) is 0 Å². The molecule has 1 aromatic heterocycles. The van der Waals surface area contributed by atoms with Crippen molar-refractivity contribution in [2.24, 2.45) is 0 Å². The molecule has 7 heteroatoms. The molecule has 1 aromatic rings. The number of rotatable bonds is 9. The van der Waals surface area contributed by atoms with Gasteiger partial charge in [-0.05, 0) is 12.5 Å². The topological polar surface area (TPSA) is 94.8 Å². The first-order valence-corrected chi connectivity index (χ1v) is 6.41. The second-order valence-corrected chi connectivity index (χ2v) is 4.32. The van der Waals surface area contributed by atoms with Crippen molar-refractivity contribution in [1.29, 1.82) is 0 Å². The zero-order valence-electron chi connectivity index (χ0n) is 11.1. The monoisotopic (exact) mass is 268 g/mol. The van der Waals surface area contributed by atoms with Crippen molar-refractivity contribution in [3.05, 3.63) is 24.0 Å². The zero-order valence-corrected chi connectivity index (χ0v) is 11.1. The molecule has 0 aliphatic heterocycles. The third-order valence-electron chi connectivity index (χ3n) is 2.49. The second-order valence-electron chi connectivity index (χ2n) is 4.32. The Bertz CT molecular complexity index is 348. The summed E-state index contributed by atoms with van der Waals surface area (Å²) in [6.07, 6.45) is 1.82. The Morgan fingerprint density at radius 1 is 1.42 bits per heavy atom. The molecule has 6 nitrogen and oxygen atoms in total. The first-order chi connectivity index (χ1) is 9.13. The summed E-state index contributed by atoms with van der Waals surface area (Å²) in [6.45, 7) is 3.93. The Labute approximate surface area is 113 Å². The van der Waals surface area contributed by atoms with Crippen LogP contribution in [-0.2, 0) is 11.3 Å². The maximum absolute atomic E-state index is 9.60. The fourth-order valence-corrected chi connectivity index (χ4v) is 1.48. The molecule has 4 N–H and O–H groups in total. The number of aromatic nitrogens is 1. The van der Waals surface area contributed by atoms with Crippen LogP contribution in [0.4, 0.5) is 0 Å². The van der Waals surface area contributed by atoms with Gasteiger partial charge in [0.2, 0.25) is 0 Å². The van der Waals surface area contributed by atoms with Crippen LogP contribution in [0.2, 0.25) is 0 Å². The van der Waals surface area contributed by atoms with Crippen LogP contribution in [-0.4, -0.2) is 53.1 Å². The lowest BCUT2D eigenvalue weighted by molar-refractivity contribution is 0.0372. The van der Waals surface area contributed by atoms with Gasteiger partial charge >= 0.3 is 7.12 Å². The number of nitrogens with one attached hydrogen (secondary N) is 1. The van der Waals surface area contributed by atoms with E-state index in [-0.39, 0.29) is 0 Å². The molecule has 0 bridgehead atoms. The highest BCUT2D eigenvalue weighted by Crippen LogP contribution is 1.93. The van der Waals surface area contributed by atoms with Crippen molar-refractivity contribution in [2.45, 2.75) is 26.0 Å². The summed E-state index contributed by atoms with van der Waals surface area (Å²) >= 11 is 0. The van der Waals surface area contributed by atoms with Crippen molar-refractivity contribution in [1.82, 2.24) is 10.3 Å². The number of hydrogen-bond donors (Lipinski definition) is 4. The molecule has 0 saturated heterocycles. The Balaban J connectivity index is 2.21. The number of hydrogen-bond acceptors (Lipinski definition) is 6. The molecule has 19 heavy (non-hydrogen) atoms.